The third-order valence-corrected chi connectivity index (χ3v) is 3.25. The predicted molar refractivity (Wildman–Crippen MR) is 66.3 cm³/mol. The van der Waals surface area contributed by atoms with Crippen LogP contribution in [0.15, 0.2) is 24.3 Å². The van der Waals surface area contributed by atoms with Gasteiger partial charge in [0.2, 0.25) is 0 Å². The van der Waals surface area contributed by atoms with Crippen molar-refractivity contribution in [3.05, 3.63) is 29.8 Å². The second-order valence-electron chi connectivity index (χ2n) is 3.51. The average molecular weight is 297 g/mol. The summed E-state index contributed by atoms with van der Waals surface area (Å²) in [6.45, 7) is 0.354. The first kappa shape index (κ1) is 14.2. The van der Waals surface area contributed by atoms with Gasteiger partial charge in [0.1, 0.15) is 0 Å². The van der Waals surface area contributed by atoms with Crippen molar-refractivity contribution in [1.82, 2.24) is 5.32 Å². The van der Waals surface area contributed by atoms with Crippen molar-refractivity contribution in [1.29, 1.82) is 0 Å². The summed E-state index contributed by atoms with van der Waals surface area (Å²) >= 11 is 2.46. The number of hydrogen-bond donors (Lipinski definition) is 1. The van der Waals surface area contributed by atoms with Crippen LogP contribution in [0.5, 0.6) is 0 Å². The fourth-order valence-electron chi connectivity index (χ4n) is 1.36. The zero-order chi connectivity index (χ0) is 12.7. The Balaban J connectivity index is 2.42. The number of methoxy groups -OCH3 is 2. The average Bonchev–Trinajstić information content (AvgIpc) is 2.33. The Kier molecular flexibility index (Phi) is 6.27. The normalized spacial score (nSPS) is 10.6. The number of benzene rings is 1. The molecule has 0 saturated heterocycles. The van der Waals surface area contributed by atoms with Gasteiger partial charge in [-0.25, -0.2) is 0 Å². The quantitative estimate of drug-likeness (QED) is 0.582. The Morgan fingerprint density at radius 2 is 2.00 bits per heavy atom. The molecule has 1 amide bonds. The molecule has 4 nitrogen and oxygen atoms in total. The van der Waals surface area contributed by atoms with E-state index in [4.69, 9.17) is 9.47 Å². The van der Waals surface area contributed by atoms with E-state index in [1.807, 2.05) is 24.3 Å². The maximum atomic E-state index is 11.7. The molecule has 92 valence electrons. The Bertz CT molecular complexity index is 367. The maximum absolute atomic E-state index is 11.7. The van der Waals surface area contributed by atoms with Gasteiger partial charge in [-0.05, 0) is 0 Å². The van der Waals surface area contributed by atoms with Crippen LogP contribution in [0.25, 0.3) is 0 Å². The molecule has 0 fully saturated rings. The summed E-state index contributed by atoms with van der Waals surface area (Å²) in [6, 6.07) is 7.78. The van der Waals surface area contributed by atoms with Crippen molar-refractivity contribution in [3.8, 4) is 0 Å². The topological polar surface area (TPSA) is 47.6 Å². The van der Waals surface area contributed by atoms with Crippen molar-refractivity contribution in [2.45, 2.75) is 12.7 Å². The number of ether oxygens (including phenoxy) is 2. The van der Waals surface area contributed by atoms with Crippen molar-refractivity contribution < 1.29 is 14.3 Å². The van der Waals surface area contributed by atoms with Crippen LogP contribution < -0.4 is 9.67 Å². The summed E-state index contributed by atoms with van der Waals surface area (Å²) < 4.78 is 11.0. The van der Waals surface area contributed by atoms with E-state index in [9.17, 15) is 4.79 Å². The fourth-order valence-corrected chi connectivity index (χ4v) is 1.86. The number of amides is 1. The molecule has 0 saturated carbocycles. The Hall–Kier alpha value is -0.832. The standard InChI is InChI=1S/C12H16AsNO3/c1-16-12(17-2)8-14-11(15)7-9-5-3-4-6-10(9)13/h3-6,12H,7-8H2,1-2H3,(H,14,15). The van der Waals surface area contributed by atoms with Crippen LogP contribution in [-0.2, 0) is 20.7 Å². The van der Waals surface area contributed by atoms with Gasteiger partial charge in [-0.3, -0.25) is 0 Å². The third kappa shape index (κ3) is 4.90. The molecule has 17 heavy (non-hydrogen) atoms. The van der Waals surface area contributed by atoms with Gasteiger partial charge in [0.15, 0.2) is 0 Å². The second kappa shape index (κ2) is 7.49. The molecule has 0 bridgehead atoms. The van der Waals surface area contributed by atoms with E-state index in [0.717, 1.165) is 9.91 Å². The molecule has 0 aliphatic carbocycles. The van der Waals surface area contributed by atoms with Crippen LogP contribution in [0.4, 0.5) is 0 Å². The van der Waals surface area contributed by atoms with Gasteiger partial charge in [0.25, 0.3) is 0 Å². The monoisotopic (exact) mass is 297 g/mol. The van der Waals surface area contributed by atoms with Gasteiger partial charge in [0.05, 0.1) is 0 Å². The van der Waals surface area contributed by atoms with Crippen LogP contribution in [0.3, 0.4) is 0 Å². The molecular formula is C12H16AsNO3. The van der Waals surface area contributed by atoms with Crippen molar-refractivity contribution >= 4 is 27.1 Å². The third-order valence-electron chi connectivity index (χ3n) is 2.33. The van der Waals surface area contributed by atoms with Gasteiger partial charge in [-0.1, -0.05) is 0 Å². The molecule has 0 aromatic heterocycles. The first-order valence-electron chi connectivity index (χ1n) is 5.26. The van der Waals surface area contributed by atoms with Crippen LogP contribution >= 0.6 is 0 Å². The number of nitrogens with one attached hydrogen (secondary N) is 1. The zero-order valence-corrected chi connectivity index (χ0v) is 11.8. The Labute approximate surface area is 110 Å². The van der Waals surface area contributed by atoms with E-state index in [1.165, 1.54) is 0 Å². The van der Waals surface area contributed by atoms with E-state index in [1.54, 1.807) is 14.2 Å². The Morgan fingerprint density at radius 3 is 2.59 bits per heavy atom. The van der Waals surface area contributed by atoms with E-state index in [-0.39, 0.29) is 5.91 Å². The SMILES string of the molecule is COC(CNC(=O)Cc1ccccc1[As])OC. The van der Waals surface area contributed by atoms with Gasteiger partial charge in [-0.15, -0.1) is 0 Å². The first-order chi connectivity index (χ1) is 8.17. The molecule has 1 N–H and O–H groups in total. The molecule has 5 heteroatoms. The van der Waals surface area contributed by atoms with Crippen molar-refractivity contribution in [3.63, 3.8) is 0 Å². The number of carbonyl (C=O) groups excluding carboxylic acids is 1. The molecule has 1 rings (SSSR count). The summed E-state index contributed by atoms with van der Waals surface area (Å²) in [4.78, 5) is 11.7. The Morgan fingerprint density at radius 1 is 1.35 bits per heavy atom. The van der Waals surface area contributed by atoms with E-state index in [0.29, 0.717) is 13.0 Å². The summed E-state index contributed by atoms with van der Waals surface area (Å²) in [5.41, 5.74) is 1.01. The molecule has 2 radical (unpaired) electrons. The summed E-state index contributed by atoms with van der Waals surface area (Å²) in [6.07, 6.45) is -0.0305. The van der Waals surface area contributed by atoms with Gasteiger partial charge >= 0.3 is 110 Å². The molecule has 0 unspecified atom stereocenters. The fraction of sp³-hybridized carbons (Fsp3) is 0.417. The number of hydrogen-bond acceptors (Lipinski definition) is 3. The first-order valence-corrected chi connectivity index (χ1v) is 6.20. The summed E-state index contributed by atoms with van der Waals surface area (Å²) in [5.74, 6) is -0.0393. The molecule has 0 aliphatic rings. The predicted octanol–water partition coefficient (Wildman–Crippen LogP) is -0.242. The molecule has 0 spiro atoms. The molecule has 0 atom stereocenters. The number of carbonyl (C=O) groups is 1. The van der Waals surface area contributed by atoms with E-state index >= 15 is 0 Å². The summed E-state index contributed by atoms with van der Waals surface area (Å²) in [7, 11) is 3.08. The van der Waals surface area contributed by atoms with E-state index in [2.05, 4.69) is 22.2 Å². The number of rotatable bonds is 6. The molecule has 0 aliphatic heterocycles. The van der Waals surface area contributed by atoms with Gasteiger partial charge in [-0.2, -0.15) is 0 Å². The van der Waals surface area contributed by atoms with Crippen molar-refractivity contribution in [2.24, 2.45) is 0 Å². The van der Waals surface area contributed by atoms with Crippen LogP contribution in [0.1, 0.15) is 5.56 Å². The summed E-state index contributed by atoms with van der Waals surface area (Å²) in [5, 5.41) is 2.76. The zero-order valence-electron chi connectivity index (χ0n) is 9.97. The minimum absolute atomic E-state index is 0.0393. The van der Waals surface area contributed by atoms with Crippen molar-refractivity contribution in [2.75, 3.05) is 20.8 Å². The van der Waals surface area contributed by atoms with Gasteiger partial charge < -0.3 is 0 Å². The second-order valence-corrected chi connectivity index (χ2v) is 4.52. The minimum atomic E-state index is -0.397. The van der Waals surface area contributed by atoms with Crippen LogP contribution in [0.2, 0.25) is 0 Å². The van der Waals surface area contributed by atoms with Gasteiger partial charge in [0, 0.05) is 0 Å². The molecular weight excluding hydrogens is 281 g/mol. The molecule has 0 heterocycles. The van der Waals surface area contributed by atoms with Crippen LogP contribution in [-0.4, -0.2) is 49.8 Å². The van der Waals surface area contributed by atoms with Crippen LogP contribution in [0, 0.1) is 0 Å². The molecule has 1 aromatic carbocycles. The molecule has 1 aromatic rings. The van der Waals surface area contributed by atoms with E-state index < -0.39 is 6.29 Å².